The van der Waals surface area contributed by atoms with Crippen molar-refractivity contribution in [3.05, 3.63) is 18.2 Å². The van der Waals surface area contributed by atoms with Gasteiger partial charge in [0, 0.05) is 13.1 Å². The van der Waals surface area contributed by atoms with Crippen molar-refractivity contribution in [1.82, 2.24) is 4.98 Å². The number of hydrogen-bond acceptors (Lipinski definition) is 4. The number of aromatic nitrogens is 1. The van der Waals surface area contributed by atoms with E-state index in [9.17, 15) is 0 Å². The van der Waals surface area contributed by atoms with Gasteiger partial charge in [-0.15, -0.1) is 0 Å². The summed E-state index contributed by atoms with van der Waals surface area (Å²) in [7, 11) is 0. The lowest BCUT2D eigenvalue weighted by molar-refractivity contribution is 0.318. The number of anilines is 2. The van der Waals surface area contributed by atoms with E-state index < -0.39 is 0 Å². The lowest BCUT2D eigenvalue weighted by Gasteiger charge is -2.32. The first kappa shape index (κ1) is 11.2. The number of nitrogens with zero attached hydrogens (tertiary/aromatic N) is 2. The van der Waals surface area contributed by atoms with E-state index in [0.29, 0.717) is 0 Å². The molecule has 16 heavy (non-hydrogen) atoms. The Morgan fingerprint density at radius 2 is 2.31 bits per heavy atom. The summed E-state index contributed by atoms with van der Waals surface area (Å²) in [5, 5.41) is 0. The first-order valence-electron chi connectivity index (χ1n) is 6.02. The van der Waals surface area contributed by atoms with Gasteiger partial charge >= 0.3 is 0 Å². The molecule has 0 radical (unpaired) electrons. The highest BCUT2D eigenvalue weighted by atomic mass is 15.3. The number of nitrogens with two attached hydrogens (primary N) is 1. The van der Waals surface area contributed by atoms with Gasteiger partial charge in [-0.1, -0.05) is 12.5 Å². The molecule has 0 atom stereocenters. The molecule has 1 heterocycles. The van der Waals surface area contributed by atoms with Crippen LogP contribution >= 0.6 is 0 Å². The maximum Gasteiger partial charge on any atom is 0.142 e. The first-order chi connectivity index (χ1) is 7.83. The van der Waals surface area contributed by atoms with Crippen LogP contribution < -0.4 is 16.2 Å². The van der Waals surface area contributed by atoms with Crippen LogP contribution in [-0.4, -0.2) is 18.1 Å². The lowest BCUT2D eigenvalue weighted by atomic mass is 9.85. The molecule has 4 heteroatoms. The molecule has 1 fully saturated rings. The van der Waals surface area contributed by atoms with E-state index in [4.69, 9.17) is 5.84 Å². The number of rotatable bonds is 5. The molecule has 0 saturated heterocycles. The monoisotopic (exact) mass is 220 g/mol. The summed E-state index contributed by atoms with van der Waals surface area (Å²) in [6.45, 7) is 4.29. The third-order valence-electron chi connectivity index (χ3n) is 3.29. The van der Waals surface area contributed by atoms with Crippen LogP contribution in [-0.2, 0) is 0 Å². The second-order valence-corrected chi connectivity index (χ2v) is 4.36. The first-order valence-corrected chi connectivity index (χ1v) is 6.02. The summed E-state index contributed by atoms with van der Waals surface area (Å²) in [5.41, 5.74) is 2.59. The van der Waals surface area contributed by atoms with Gasteiger partial charge in [0.1, 0.15) is 11.6 Å². The van der Waals surface area contributed by atoms with Crippen LogP contribution in [0.3, 0.4) is 0 Å². The molecule has 0 bridgehead atoms. The maximum absolute atomic E-state index is 5.37. The molecule has 4 nitrogen and oxygen atoms in total. The van der Waals surface area contributed by atoms with E-state index in [2.05, 4.69) is 22.2 Å². The van der Waals surface area contributed by atoms with Crippen molar-refractivity contribution in [1.29, 1.82) is 0 Å². The van der Waals surface area contributed by atoms with Gasteiger partial charge < -0.3 is 10.3 Å². The molecule has 0 aliphatic heterocycles. The summed E-state index contributed by atoms with van der Waals surface area (Å²) in [4.78, 5) is 6.79. The topological polar surface area (TPSA) is 54.2 Å². The van der Waals surface area contributed by atoms with Crippen molar-refractivity contribution in [2.75, 3.05) is 23.4 Å². The Hall–Kier alpha value is -1.29. The van der Waals surface area contributed by atoms with Gasteiger partial charge in [0.15, 0.2) is 0 Å². The Balaban J connectivity index is 2.05. The van der Waals surface area contributed by atoms with Crippen LogP contribution in [0.1, 0.15) is 26.2 Å². The number of nitrogen functional groups attached to an aromatic ring is 1. The molecular formula is C12H20N4. The van der Waals surface area contributed by atoms with E-state index in [0.717, 1.165) is 30.6 Å². The van der Waals surface area contributed by atoms with E-state index >= 15 is 0 Å². The second kappa shape index (κ2) is 5.16. The molecule has 1 aliphatic carbocycles. The fraction of sp³-hybridized carbons (Fsp3) is 0.583. The standard InChI is InChI=1S/C12H20N4/c1-2-16(9-10-5-3-6-10)12-8-4-7-11(14-12)15-13/h4,7-8,10H,2-3,5-6,9,13H2,1H3,(H,14,15). The molecule has 0 aromatic carbocycles. The second-order valence-electron chi connectivity index (χ2n) is 4.36. The summed E-state index contributed by atoms with van der Waals surface area (Å²) in [5.74, 6) is 7.97. The predicted octanol–water partition coefficient (Wildman–Crippen LogP) is 1.99. The van der Waals surface area contributed by atoms with Crippen molar-refractivity contribution < 1.29 is 0 Å². The minimum atomic E-state index is 0.726. The number of hydrogen-bond donors (Lipinski definition) is 2. The number of pyridine rings is 1. The number of nitrogens with one attached hydrogen (secondary N) is 1. The normalized spacial score (nSPS) is 15.6. The maximum atomic E-state index is 5.37. The molecule has 1 aromatic rings. The van der Waals surface area contributed by atoms with Crippen molar-refractivity contribution in [2.45, 2.75) is 26.2 Å². The molecule has 0 spiro atoms. The van der Waals surface area contributed by atoms with Crippen LogP contribution in [0, 0.1) is 5.92 Å². The highest BCUT2D eigenvalue weighted by Gasteiger charge is 2.20. The zero-order chi connectivity index (χ0) is 11.4. The van der Waals surface area contributed by atoms with Crippen molar-refractivity contribution >= 4 is 11.6 Å². The van der Waals surface area contributed by atoms with Crippen LogP contribution in [0.4, 0.5) is 11.6 Å². The van der Waals surface area contributed by atoms with E-state index in [1.54, 1.807) is 0 Å². The van der Waals surface area contributed by atoms with Crippen LogP contribution in [0.2, 0.25) is 0 Å². The van der Waals surface area contributed by atoms with Gasteiger partial charge in [0.25, 0.3) is 0 Å². The van der Waals surface area contributed by atoms with Crippen molar-refractivity contribution in [2.24, 2.45) is 11.8 Å². The van der Waals surface area contributed by atoms with E-state index in [1.807, 2.05) is 18.2 Å². The lowest BCUT2D eigenvalue weighted by Crippen LogP contribution is -2.33. The van der Waals surface area contributed by atoms with Gasteiger partial charge in [-0.3, -0.25) is 0 Å². The summed E-state index contributed by atoms with van der Waals surface area (Å²) in [6, 6.07) is 5.91. The molecule has 1 aromatic heterocycles. The van der Waals surface area contributed by atoms with Crippen molar-refractivity contribution in [3.8, 4) is 0 Å². The van der Waals surface area contributed by atoms with E-state index in [-0.39, 0.29) is 0 Å². The molecule has 88 valence electrons. The average molecular weight is 220 g/mol. The van der Waals surface area contributed by atoms with Gasteiger partial charge in [-0.2, -0.15) is 0 Å². The van der Waals surface area contributed by atoms with Crippen LogP contribution in [0.5, 0.6) is 0 Å². The highest BCUT2D eigenvalue weighted by Crippen LogP contribution is 2.28. The zero-order valence-electron chi connectivity index (χ0n) is 9.82. The SMILES string of the molecule is CCN(CC1CCC1)c1cccc(NN)n1. The molecule has 3 N–H and O–H groups in total. The molecule has 2 rings (SSSR count). The van der Waals surface area contributed by atoms with E-state index in [1.165, 1.54) is 19.3 Å². The number of hydrazine groups is 1. The van der Waals surface area contributed by atoms with Gasteiger partial charge in [-0.05, 0) is 37.8 Å². The molecule has 0 amide bonds. The Morgan fingerprint density at radius 3 is 2.88 bits per heavy atom. The van der Waals surface area contributed by atoms with Crippen molar-refractivity contribution in [3.63, 3.8) is 0 Å². The summed E-state index contributed by atoms with van der Waals surface area (Å²) >= 11 is 0. The summed E-state index contributed by atoms with van der Waals surface area (Å²) in [6.07, 6.45) is 4.12. The Morgan fingerprint density at radius 1 is 1.50 bits per heavy atom. The smallest absolute Gasteiger partial charge is 0.142 e. The molecule has 1 aliphatic rings. The quantitative estimate of drug-likeness (QED) is 0.588. The van der Waals surface area contributed by atoms with Gasteiger partial charge in [0.2, 0.25) is 0 Å². The van der Waals surface area contributed by atoms with Crippen LogP contribution in [0.15, 0.2) is 18.2 Å². The zero-order valence-corrected chi connectivity index (χ0v) is 9.82. The Kier molecular flexibility index (Phi) is 3.62. The Bertz CT molecular complexity index is 336. The minimum Gasteiger partial charge on any atom is -0.357 e. The third-order valence-corrected chi connectivity index (χ3v) is 3.29. The molecular weight excluding hydrogens is 200 g/mol. The van der Waals surface area contributed by atoms with Crippen LogP contribution in [0.25, 0.3) is 0 Å². The minimum absolute atomic E-state index is 0.726. The Labute approximate surface area is 96.8 Å². The fourth-order valence-corrected chi connectivity index (χ4v) is 2.05. The average Bonchev–Trinajstić information content (AvgIpc) is 2.28. The fourth-order valence-electron chi connectivity index (χ4n) is 2.05. The third kappa shape index (κ3) is 2.44. The van der Waals surface area contributed by atoms with Gasteiger partial charge in [-0.25, -0.2) is 10.8 Å². The largest absolute Gasteiger partial charge is 0.357 e. The van der Waals surface area contributed by atoms with Gasteiger partial charge in [0.05, 0.1) is 0 Å². The predicted molar refractivity (Wildman–Crippen MR) is 67.3 cm³/mol. The molecule has 0 unspecified atom stereocenters. The summed E-state index contributed by atoms with van der Waals surface area (Å²) < 4.78 is 0. The highest BCUT2D eigenvalue weighted by molar-refractivity contribution is 5.46. The molecule has 1 saturated carbocycles.